The van der Waals surface area contributed by atoms with E-state index < -0.39 is 5.60 Å². The third kappa shape index (κ3) is 4.20. The lowest BCUT2D eigenvalue weighted by Gasteiger charge is -2.44. The maximum atomic E-state index is 12.7. The van der Waals surface area contributed by atoms with E-state index >= 15 is 0 Å². The van der Waals surface area contributed by atoms with Gasteiger partial charge in [0.2, 0.25) is 0 Å². The summed E-state index contributed by atoms with van der Waals surface area (Å²) in [5.41, 5.74) is 8.14. The fourth-order valence-electron chi connectivity index (χ4n) is 5.05. The number of nitrogens with two attached hydrogens (primary N) is 1. The zero-order valence-electron chi connectivity index (χ0n) is 20.4. The predicted octanol–water partition coefficient (Wildman–Crippen LogP) is 4.34. The van der Waals surface area contributed by atoms with Crippen molar-refractivity contribution in [1.29, 1.82) is 0 Å². The van der Waals surface area contributed by atoms with Gasteiger partial charge in [0.15, 0.2) is 5.82 Å². The largest absolute Gasteiger partial charge is 0.444 e. The van der Waals surface area contributed by atoms with Gasteiger partial charge in [0.25, 0.3) is 0 Å². The SMILES string of the molecule is CN(C)C1CN(c2nc3c(Cl)c(Cl)c(Cl)nc3c(NC3C4CC3N(C(=O)OC(C)(C)C)C4)c2N)C1. The van der Waals surface area contributed by atoms with Crippen LogP contribution in [-0.4, -0.2) is 83.3 Å². The van der Waals surface area contributed by atoms with Gasteiger partial charge in [-0.15, -0.1) is 0 Å². The van der Waals surface area contributed by atoms with Gasteiger partial charge in [-0.1, -0.05) is 34.8 Å². The highest BCUT2D eigenvalue weighted by Gasteiger charge is 2.55. The van der Waals surface area contributed by atoms with Gasteiger partial charge in [-0.3, -0.25) is 0 Å². The van der Waals surface area contributed by atoms with Crippen molar-refractivity contribution in [3.8, 4) is 0 Å². The molecule has 2 aromatic rings. The van der Waals surface area contributed by atoms with E-state index in [1.54, 1.807) is 4.90 Å². The molecule has 0 spiro atoms. The van der Waals surface area contributed by atoms with Crippen molar-refractivity contribution in [2.24, 2.45) is 5.92 Å². The van der Waals surface area contributed by atoms with Crippen LogP contribution in [0.25, 0.3) is 11.0 Å². The molecule has 1 aliphatic carbocycles. The molecule has 4 fully saturated rings. The number of hydrogen-bond acceptors (Lipinski definition) is 8. The number of nitrogen functional groups attached to an aromatic ring is 1. The molecule has 5 heterocycles. The average Bonchev–Trinajstić information content (AvgIpc) is 3.30. The number of likely N-dealkylation sites (N-methyl/N-ethyl adjacent to an activating group) is 1. The molecule has 0 radical (unpaired) electrons. The van der Waals surface area contributed by atoms with Crippen LogP contribution < -0.4 is 16.0 Å². The van der Waals surface area contributed by atoms with E-state index in [1.807, 2.05) is 20.8 Å². The van der Waals surface area contributed by atoms with Gasteiger partial charge in [0.05, 0.1) is 27.8 Å². The highest BCUT2D eigenvalue weighted by atomic mass is 35.5. The molecule has 6 rings (SSSR count). The fourth-order valence-corrected chi connectivity index (χ4v) is 5.63. The van der Waals surface area contributed by atoms with Crippen LogP contribution in [0.5, 0.6) is 0 Å². The Morgan fingerprint density at radius 3 is 2.43 bits per heavy atom. The van der Waals surface area contributed by atoms with Crippen molar-refractivity contribution in [2.75, 3.05) is 49.7 Å². The number of aromatic nitrogens is 2. The first-order chi connectivity index (χ1) is 16.4. The maximum Gasteiger partial charge on any atom is 0.410 e. The van der Waals surface area contributed by atoms with Crippen LogP contribution in [0.3, 0.4) is 0 Å². The minimum absolute atomic E-state index is 0.00119. The van der Waals surface area contributed by atoms with E-state index in [-0.39, 0.29) is 39.3 Å². The minimum Gasteiger partial charge on any atom is -0.444 e. The van der Waals surface area contributed by atoms with Crippen molar-refractivity contribution in [3.63, 3.8) is 0 Å². The van der Waals surface area contributed by atoms with E-state index in [2.05, 4.69) is 34.2 Å². The van der Waals surface area contributed by atoms with Crippen molar-refractivity contribution < 1.29 is 9.53 Å². The molecule has 2 aromatic heterocycles. The second-order valence-electron chi connectivity index (χ2n) is 10.8. The lowest BCUT2D eigenvalue weighted by atomic mass is 9.80. The van der Waals surface area contributed by atoms with Gasteiger partial charge >= 0.3 is 6.09 Å². The standard InChI is InChI=1S/C23H30Cl3N7O2/c1-23(2,3)35-22(34)33-7-10-6-12(33)16(10)28-18-15(27)21(32-8-11(9-32)31(4)5)30-17-13(24)14(25)20(26)29-19(17)18/h10-12,16H,6-9,27H2,1-5H3,(H,28,30). The normalized spacial score (nSPS) is 24.1. The molecule has 3 unspecified atom stereocenters. The number of rotatable bonds is 4. The van der Waals surface area contributed by atoms with Gasteiger partial charge in [0.1, 0.15) is 27.5 Å². The van der Waals surface area contributed by atoms with Crippen LogP contribution >= 0.6 is 34.8 Å². The van der Waals surface area contributed by atoms with Crippen LogP contribution in [0, 0.1) is 5.92 Å². The molecule has 3 saturated heterocycles. The molecular formula is C23H30Cl3N7O2. The zero-order valence-corrected chi connectivity index (χ0v) is 22.7. The molecule has 9 nitrogen and oxygen atoms in total. The van der Waals surface area contributed by atoms with E-state index in [0.29, 0.717) is 40.8 Å². The number of fused-ring (bicyclic) bond motifs is 2. The Morgan fingerprint density at radius 1 is 1.11 bits per heavy atom. The molecule has 190 valence electrons. The number of anilines is 3. The van der Waals surface area contributed by atoms with Crippen molar-refractivity contribution in [3.05, 3.63) is 15.2 Å². The van der Waals surface area contributed by atoms with Crippen LogP contribution in [0.1, 0.15) is 27.2 Å². The van der Waals surface area contributed by atoms with Crippen LogP contribution in [-0.2, 0) is 4.74 Å². The number of halogens is 3. The summed E-state index contributed by atoms with van der Waals surface area (Å²) in [7, 11) is 4.11. The summed E-state index contributed by atoms with van der Waals surface area (Å²) in [5.74, 6) is 0.912. The van der Waals surface area contributed by atoms with Gasteiger partial charge in [-0.25, -0.2) is 14.8 Å². The number of pyridine rings is 2. The smallest absolute Gasteiger partial charge is 0.410 e. The number of ether oxygens (including phenoxy) is 1. The summed E-state index contributed by atoms with van der Waals surface area (Å²) < 4.78 is 5.61. The average molecular weight is 543 g/mol. The van der Waals surface area contributed by atoms with Crippen molar-refractivity contribution in [1.82, 2.24) is 19.8 Å². The Morgan fingerprint density at radius 2 is 1.80 bits per heavy atom. The Kier molecular flexibility index (Phi) is 6.06. The number of nitrogens with zero attached hydrogens (tertiary/aromatic N) is 5. The van der Waals surface area contributed by atoms with Gasteiger partial charge < -0.3 is 30.5 Å². The molecule has 35 heavy (non-hydrogen) atoms. The number of carbonyl (C=O) groups excluding carboxylic acids is 1. The summed E-state index contributed by atoms with van der Waals surface area (Å²) in [6, 6.07) is 0.418. The third-order valence-corrected chi connectivity index (χ3v) is 8.31. The first-order valence-corrected chi connectivity index (χ1v) is 12.8. The van der Waals surface area contributed by atoms with Gasteiger partial charge in [-0.2, -0.15) is 0 Å². The van der Waals surface area contributed by atoms with Crippen molar-refractivity contribution >= 4 is 69.1 Å². The molecule has 0 aromatic carbocycles. The van der Waals surface area contributed by atoms with Gasteiger partial charge in [0, 0.05) is 31.6 Å². The summed E-state index contributed by atoms with van der Waals surface area (Å²) >= 11 is 19.2. The molecule has 2 bridgehead atoms. The Hall–Kier alpha value is -1.94. The number of amides is 1. The molecule has 3 N–H and O–H groups in total. The summed E-state index contributed by atoms with van der Waals surface area (Å²) in [4.78, 5) is 28.1. The van der Waals surface area contributed by atoms with Gasteiger partial charge in [-0.05, 0) is 41.3 Å². The monoisotopic (exact) mass is 541 g/mol. The third-order valence-electron chi connectivity index (χ3n) is 7.11. The number of nitrogens with one attached hydrogen (secondary N) is 1. The Bertz CT molecular complexity index is 1200. The number of carbonyl (C=O) groups is 1. The zero-order chi connectivity index (χ0) is 25.4. The summed E-state index contributed by atoms with van der Waals surface area (Å²) in [6.07, 6.45) is 0.609. The highest BCUT2D eigenvalue weighted by molar-refractivity contribution is 6.49. The molecule has 4 aliphatic rings. The lowest BCUT2D eigenvalue weighted by molar-refractivity contribution is 0.0239. The van der Waals surface area contributed by atoms with E-state index in [9.17, 15) is 4.79 Å². The summed E-state index contributed by atoms with van der Waals surface area (Å²) in [5, 5.41) is 4.06. The van der Waals surface area contributed by atoms with E-state index in [0.717, 1.165) is 19.5 Å². The predicted molar refractivity (Wildman–Crippen MR) is 141 cm³/mol. The molecular weight excluding hydrogens is 513 g/mol. The Balaban J connectivity index is 1.49. The van der Waals surface area contributed by atoms with Crippen LogP contribution in [0.4, 0.5) is 22.0 Å². The minimum atomic E-state index is -0.550. The quantitative estimate of drug-likeness (QED) is 0.551. The number of hydrogen-bond donors (Lipinski definition) is 2. The molecule has 1 amide bonds. The lowest BCUT2D eigenvalue weighted by Crippen LogP contribution is -2.58. The van der Waals surface area contributed by atoms with E-state index in [4.69, 9.17) is 50.3 Å². The molecule has 1 saturated carbocycles. The Labute approximate surface area is 219 Å². The molecule has 12 heteroatoms. The first kappa shape index (κ1) is 24.7. The topological polar surface area (TPSA) is 99.9 Å². The van der Waals surface area contributed by atoms with Crippen LogP contribution in [0.15, 0.2) is 0 Å². The highest BCUT2D eigenvalue weighted by Crippen LogP contribution is 2.47. The van der Waals surface area contributed by atoms with Crippen molar-refractivity contribution in [2.45, 2.75) is 50.9 Å². The first-order valence-electron chi connectivity index (χ1n) is 11.7. The molecule has 3 atom stereocenters. The maximum absolute atomic E-state index is 12.7. The fraction of sp³-hybridized carbons (Fsp3) is 0.609. The second-order valence-corrected chi connectivity index (χ2v) is 12.0. The molecule has 3 aliphatic heterocycles. The second kappa shape index (κ2) is 8.57. The summed E-state index contributed by atoms with van der Waals surface area (Å²) in [6.45, 7) is 7.82. The van der Waals surface area contributed by atoms with E-state index in [1.165, 1.54) is 0 Å². The van der Waals surface area contributed by atoms with Crippen LogP contribution in [0.2, 0.25) is 15.2 Å².